The molecular formula is C11H14F2O2. The summed E-state index contributed by atoms with van der Waals surface area (Å²) in [6.07, 6.45) is -2.99. The second kappa shape index (κ2) is 7.91. The van der Waals surface area contributed by atoms with Crippen LogP contribution in [0.3, 0.4) is 0 Å². The van der Waals surface area contributed by atoms with Crippen molar-refractivity contribution < 1.29 is 18.3 Å². The van der Waals surface area contributed by atoms with Gasteiger partial charge in [0.15, 0.2) is 0 Å². The lowest BCUT2D eigenvalue weighted by molar-refractivity contribution is -0.155. The van der Waals surface area contributed by atoms with Crippen molar-refractivity contribution in [3.63, 3.8) is 0 Å². The molecule has 0 spiro atoms. The van der Waals surface area contributed by atoms with E-state index in [1.165, 1.54) is 12.5 Å². The quantitative estimate of drug-likeness (QED) is 0.710. The van der Waals surface area contributed by atoms with Crippen molar-refractivity contribution in [3.05, 3.63) is 35.9 Å². The summed E-state index contributed by atoms with van der Waals surface area (Å²) >= 11 is 0. The van der Waals surface area contributed by atoms with Crippen molar-refractivity contribution >= 4 is 5.97 Å². The second-order valence-corrected chi connectivity index (χ2v) is 2.71. The third kappa shape index (κ3) is 7.61. The maximum atomic E-state index is 11.1. The smallest absolute Gasteiger partial charge is 0.373 e. The average Bonchev–Trinajstić information content (AvgIpc) is 2.20. The lowest BCUT2D eigenvalue weighted by Gasteiger charge is -1.96. The number of rotatable bonds is 2. The van der Waals surface area contributed by atoms with Crippen LogP contribution in [-0.4, -0.2) is 19.0 Å². The molecule has 0 saturated carbocycles. The molecule has 1 aromatic carbocycles. The van der Waals surface area contributed by atoms with Gasteiger partial charge < -0.3 is 4.74 Å². The number of halogens is 2. The number of benzene rings is 1. The average molecular weight is 216 g/mol. The summed E-state index contributed by atoms with van der Waals surface area (Å²) < 4.78 is 26.2. The van der Waals surface area contributed by atoms with Crippen LogP contribution in [0, 0.1) is 6.92 Å². The summed E-state index contributed by atoms with van der Waals surface area (Å²) in [7, 11) is 0. The zero-order valence-electron chi connectivity index (χ0n) is 8.74. The molecule has 0 aliphatic rings. The third-order valence-electron chi connectivity index (χ3n) is 1.41. The first-order valence-electron chi connectivity index (χ1n) is 4.54. The molecular weight excluding hydrogens is 202 g/mol. The van der Waals surface area contributed by atoms with E-state index >= 15 is 0 Å². The van der Waals surface area contributed by atoms with Crippen LogP contribution in [0.15, 0.2) is 30.3 Å². The molecule has 0 atom stereocenters. The molecule has 0 amide bonds. The summed E-state index contributed by atoms with van der Waals surface area (Å²) in [5, 5.41) is 0. The number of esters is 1. The van der Waals surface area contributed by atoms with Crippen LogP contribution < -0.4 is 0 Å². The van der Waals surface area contributed by atoms with Crippen LogP contribution in [0.4, 0.5) is 8.78 Å². The summed E-state index contributed by atoms with van der Waals surface area (Å²) in [5.41, 5.74) is 1.32. The lowest BCUT2D eigenvalue weighted by Crippen LogP contribution is -2.13. The lowest BCUT2D eigenvalue weighted by atomic mass is 10.2. The van der Waals surface area contributed by atoms with Gasteiger partial charge in [-0.15, -0.1) is 0 Å². The molecule has 1 aromatic rings. The van der Waals surface area contributed by atoms with Gasteiger partial charge in [0.25, 0.3) is 0 Å². The second-order valence-electron chi connectivity index (χ2n) is 2.71. The minimum Gasteiger partial charge on any atom is -0.462 e. The number of hydrogen-bond acceptors (Lipinski definition) is 2. The molecule has 84 valence electrons. The number of ether oxygens (including phenoxy) is 1. The molecule has 0 bridgehead atoms. The Morgan fingerprint density at radius 2 is 1.87 bits per heavy atom. The molecule has 2 nitrogen and oxygen atoms in total. The predicted molar refractivity (Wildman–Crippen MR) is 53.8 cm³/mol. The van der Waals surface area contributed by atoms with E-state index < -0.39 is 12.4 Å². The van der Waals surface area contributed by atoms with Crippen LogP contribution >= 0.6 is 0 Å². The summed E-state index contributed by atoms with van der Waals surface area (Å²) in [6.45, 7) is 3.56. The van der Waals surface area contributed by atoms with Crippen LogP contribution in [0.25, 0.3) is 0 Å². The number of hydrogen-bond donors (Lipinski definition) is 0. The highest BCUT2D eigenvalue weighted by molar-refractivity contribution is 5.72. The van der Waals surface area contributed by atoms with Crippen LogP contribution in [0.5, 0.6) is 0 Å². The molecule has 0 radical (unpaired) electrons. The fraction of sp³-hybridized carbons (Fsp3) is 0.364. The zero-order valence-corrected chi connectivity index (χ0v) is 8.74. The highest BCUT2D eigenvalue weighted by Crippen LogP contribution is 1.94. The Balaban J connectivity index is 0.000000262. The minimum atomic E-state index is -2.99. The van der Waals surface area contributed by atoms with Crippen LogP contribution in [0.2, 0.25) is 0 Å². The molecule has 0 N–H and O–H groups in total. The Labute approximate surface area is 87.9 Å². The number of aryl methyl sites for hydroxylation is 1. The van der Waals surface area contributed by atoms with E-state index in [1.807, 2.05) is 18.2 Å². The monoisotopic (exact) mass is 216 g/mol. The van der Waals surface area contributed by atoms with Crippen molar-refractivity contribution in [3.8, 4) is 0 Å². The topological polar surface area (TPSA) is 26.3 Å². The summed E-state index contributed by atoms with van der Waals surface area (Å²) in [6, 6.07) is 10.3. The van der Waals surface area contributed by atoms with Gasteiger partial charge in [-0.3, -0.25) is 0 Å². The van der Waals surface area contributed by atoms with E-state index in [0.29, 0.717) is 0 Å². The molecule has 1 rings (SSSR count). The van der Waals surface area contributed by atoms with E-state index in [9.17, 15) is 13.6 Å². The Hall–Kier alpha value is -1.45. The Kier molecular flexibility index (Phi) is 7.14. The highest BCUT2D eigenvalue weighted by atomic mass is 19.3. The van der Waals surface area contributed by atoms with Gasteiger partial charge in [-0.05, 0) is 13.8 Å². The van der Waals surface area contributed by atoms with Gasteiger partial charge >= 0.3 is 12.4 Å². The van der Waals surface area contributed by atoms with Gasteiger partial charge in [0.05, 0.1) is 6.61 Å². The molecule has 0 unspecified atom stereocenters. The Morgan fingerprint density at radius 3 is 2.07 bits per heavy atom. The van der Waals surface area contributed by atoms with Gasteiger partial charge in [-0.2, -0.15) is 8.78 Å². The number of alkyl halides is 2. The summed E-state index contributed by atoms with van der Waals surface area (Å²) in [4.78, 5) is 9.77. The van der Waals surface area contributed by atoms with Crippen molar-refractivity contribution in [1.82, 2.24) is 0 Å². The molecule has 4 heteroatoms. The Morgan fingerprint density at radius 1 is 1.33 bits per heavy atom. The largest absolute Gasteiger partial charge is 0.462 e. The van der Waals surface area contributed by atoms with E-state index in [2.05, 4.69) is 23.8 Å². The van der Waals surface area contributed by atoms with Crippen molar-refractivity contribution in [2.24, 2.45) is 0 Å². The molecule has 15 heavy (non-hydrogen) atoms. The van der Waals surface area contributed by atoms with Gasteiger partial charge in [0.1, 0.15) is 0 Å². The van der Waals surface area contributed by atoms with Gasteiger partial charge in [-0.1, -0.05) is 35.9 Å². The molecule has 0 aliphatic heterocycles. The fourth-order valence-electron chi connectivity index (χ4n) is 0.740. The molecule has 0 aliphatic carbocycles. The van der Waals surface area contributed by atoms with Crippen LogP contribution in [0.1, 0.15) is 12.5 Å². The molecule has 0 fully saturated rings. The Bertz CT molecular complexity index is 273. The summed E-state index contributed by atoms with van der Waals surface area (Å²) in [5.74, 6) is -1.45. The van der Waals surface area contributed by atoms with Crippen LogP contribution in [-0.2, 0) is 9.53 Å². The van der Waals surface area contributed by atoms with Crippen molar-refractivity contribution in [2.75, 3.05) is 6.61 Å². The molecule has 0 saturated heterocycles. The van der Waals surface area contributed by atoms with Crippen molar-refractivity contribution in [2.45, 2.75) is 20.3 Å². The van der Waals surface area contributed by atoms with E-state index in [0.717, 1.165) is 0 Å². The van der Waals surface area contributed by atoms with E-state index in [1.54, 1.807) is 0 Å². The van der Waals surface area contributed by atoms with Gasteiger partial charge in [0, 0.05) is 0 Å². The molecule has 0 aromatic heterocycles. The first kappa shape index (κ1) is 13.5. The maximum Gasteiger partial charge on any atom is 0.373 e. The predicted octanol–water partition coefficient (Wildman–Crippen LogP) is 2.81. The van der Waals surface area contributed by atoms with E-state index in [-0.39, 0.29) is 6.61 Å². The van der Waals surface area contributed by atoms with Gasteiger partial charge in [0.2, 0.25) is 0 Å². The third-order valence-corrected chi connectivity index (χ3v) is 1.41. The minimum absolute atomic E-state index is 0.00315. The highest BCUT2D eigenvalue weighted by Gasteiger charge is 2.14. The maximum absolute atomic E-state index is 11.1. The van der Waals surface area contributed by atoms with Crippen molar-refractivity contribution in [1.29, 1.82) is 0 Å². The number of carbonyl (C=O) groups excluding carboxylic acids is 1. The first-order valence-corrected chi connectivity index (χ1v) is 4.54. The zero-order chi connectivity index (χ0) is 11.7. The fourth-order valence-corrected chi connectivity index (χ4v) is 0.740. The standard InChI is InChI=1S/C7H8.C4H6F2O2/c1-7-5-3-2-4-6-7;1-2-8-4(7)3(5)6/h2-6H,1H3;3H,2H2,1H3. The first-order chi connectivity index (χ1) is 7.07. The van der Waals surface area contributed by atoms with Gasteiger partial charge in [-0.25, -0.2) is 4.79 Å². The SMILES string of the molecule is CCOC(=O)C(F)F.Cc1ccccc1. The molecule has 0 heterocycles. The normalized spacial score (nSPS) is 9.13. The van der Waals surface area contributed by atoms with E-state index in [4.69, 9.17) is 0 Å². The number of carbonyl (C=O) groups is 1.